The fourth-order valence-electron chi connectivity index (χ4n) is 1.43. The molecule has 0 amide bonds. The number of rotatable bonds is 4. The van der Waals surface area contributed by atoms with Crippen LogP contribution in [-0.4, -0.2) is 11.1 Å². The third kappa shape index (κ3) is 8.49. The summed E-state index contributed by atoms with van der Waals surface area (Å²) in [6, 6.07) is 9.80. The highest BCUT2D eigenvalue weighted by Crippen LogP contribution is 2.22. The first-order valence-electron chi connectivity index (χ1n) is 6.50. The predicted molar refractivity (Wildman–Crippen MR) is 74.4 cm³/mol. The standard InChI is InChI=1S/C11H14O2.2C2H6/c1-2-9(8-11(12)13)10-6-4-3-5-7-10;2*1-2/h3-7,9H,2,8H2,1H3,(H,12,13);2*1-2H3. The van der Waals surface area contributed by atoms with E-state index in [9.17, 15) is 4.79 Å². The van der Waals surface area contributed by atoms with Gasteiger partial charge in [0.25, 0.3) is 0 Å². The molecule has 2 heteroatoms. The lowest BCUT2D eigenvalue weighted by molar-refractivity contribution is -0.137. The van der Waals surface area contributed by atoms with E-state index in [0.717, 1.165) is 12.0 Å². The zero-order valence-corrected chi connectivity index (χ0v) is 11.7. The summed E-state index contributed by atoms with van der Waals surface area (Å²) in [5.74, 6) is -0.575. The van der Waals surface area contributed by atoms with Gasteiger partial charge in [-0.25, -0.2) is 0 Å². The van der Waals surface area contributed by atoms with Crippen LogP contribution in [0.25, 0.3) is 0 Å². The van der Waals surface area contributed by atoms with Gasteiger partial charge in [-0.15, -0.1) is 0 Å². The number of benzene rings is 1. The summed E-state index contributed by atoms with van der Waals surface area (Å²) < 4.78 is 0. The van der Waals surface area contributed by atoms with Gasteiger partial charge in [-0.3, -0.25) is 4.79 Å². The molecule has 2 nitrogen and oxygen atoms in total. The fourth-order valence-corrected chi connectivity index (χ4v) is 1.43. The normalized spacial score (nSPS) is 10.2. The number of aliphatic carboxylic acids is 1. The highest BCUT2D eigenvalue weighted by atomic mass is 16.4. The maximum atomic E-state index is 10.5. The first-order valence-corrected chi connectivity index (χ1v) is 6.50. The summed E-state index contributed by atoms with van der Waals surface area (Å²) in [6.45, 7) is 10.0. The Bertz CT molecular complexity index is 268. The lowest BCUT2D eigenvalue weighted by atomic mass is 9.93. The highest BCUT2D eigenvalue weighted by molar-refractivity contribution is 5.68. The van der Waals surface area contributed by atoms with Crippen LogP contribution in [0, 0.1) is 0 Å². The van der Waals surface area contributed by atoms with Gasteiger partial charge in [-0.2, -0.15) is 0 Å². The number of hydrogen-bond donors (Lipinski definition) is 1. The molecule has 1 aromatic carbocycles. The number of hydrogen-bond acceptors (Lipinski definition) is 1. The molecule has 1 rings (SSSR count). The number of carboxylic acid groups (broad SMARTS) is 1. The minimum absolute atomic E-state index is 0.152. The van der Waals surface area contributed by atoms with Gasteiger partial charge in [0.15, 0.2) is 0 Å². The monoisotopic (exact) mass is 238 g/mol. The Kier molecular flexibility index (Phi) is 13.6. The van der Waals surface area contributed by atoms with Crippen molar-refractivity contribution in [3.63, 3.8) is 0 Å². The third-order valence-electron chi connectivity index (χ3n) is 2.18. The van der Waals surface area contributed by atoms with E-state index in [4.69, 9.17) is 5.11 Å². The summed E-state index contributed by atoms with van der Waals surface area (Å²) in [7, 11) is 0. The average molecular weight is 238 g/mol. The van der Waals surface area contributed by atoms with Gasteiger partial charge >= 0.3 is 5.97 Å². The molecule has 0 saturated heterocycles. The Labute approximate surface area is 106 Å². The van der Waals surface area contributed by atoms with Gasteiger partial charge in [-0.1, -0.05) is 65.0 Å². The molecule has 1 N–H and O–H groups in total. The van der Waals surface area contributed by atoms with Crippen LogP contribution in [0.3, 0.4) is 0 Å². The molecule has 98 valence electrons. The van der Waals surface area contributed by atoms with E-state index in [2.05, 4.69) is 0 Å². The van der Waals surface area contributed by atoms with Crippen molar-refractivity contribution in [3.05, 3.63) is 35.9 Å². The van der Waals surface area contributed by atoms with E-state index in [-0.39, 0.29) is 12.3 Å². The molecule has 1 atom stereocenters. The predicted octanol–water partition coefficient (Wildman–Crippen LogP) is 4.71. The number of carboxylic acids is 1. The van der Waals surface area contributed by atoms with Gasteiger partial charge in [0, 0.05) is 0 Å². The Hall–Kier alpha value is -1.31. The molecule has 1 unspecified atom stereocenters. The van der Waals surface area contributed by atoms with Crippen molar-refractivity contribution in [1.82, 2.24) is 0 Å². The molecule has 1 aromatic rings. The summed E-state index contributed by atoms with van der Waals surface area (Å²) >= 11 is 0. The maximum Gasteiger partial charge on any atom is 0.303 e. The van der Waals surface area contributed by atoms with Gasteiger partial charge < -0.3 is 5.11 Å². The van der Waals surface area contributed by atoms with E-state index >= 15 is 0 Å². The van der Waals surface area contributed by atoms with Crippen LogP contribution in [0.2, 0.25) is 0 Å². The molecule has 17 heavy (non-hydrogen) atoms. The van der Waals surface area contributed by atoms with Gasteiger partial charge in [-0.05, 0) is 17.9 Å². The van der Waals surface area contributed by atoms with Crippen molar-refractivity contribution in [1.29, 1.82) is 0 Å². The molecule has 0 aliphatic carbocycles. The van der Waals surface area contributed by atoms with Gasteiger partial charge in [0.2, 0.25) is 0 Å². The van der Waals surface area contributed by atoms with Crippen LogP contribution in [0.4, 0.5) is 0 Å². The zero-order valence-electron chi connectivity index (χ0n) is 11.7. The molecule has 0 heterocycles. The molecule has 0 fully saturated rings. The van der Waals surface area contributed by atoms with E-state index in [1.165, 1.54) is 0 Å². The Morgan fingerprint density at radius 1 is 1.12 bits per heavy atom. The van der Waals surface area contributed by atoms with E-state index in [1.54, 1.807) is 0 Å². The Balaban J connectivity index is 0. The summed E-state index contributed by atoms with van der Waals surface area (Å²) in [5.41, 5.74) is 1.12. The molecular weight excluding hydrogens is 212 g/mol. The minimum atomic E-state index is -0.726. The first-order chi connectivity index (χ1) is 8.24. The molecule has 0 aliphatic rings. The van der Waals surface area contributed by atoms with Crippen molar-refractivity contribution in [3.8, 4) is 0 Å². The van der Waals surface area contributed by atoms with E-state index in [1.807, 2.05) is 65.0 Å². The van der Waals surface area contributed by atoms with Crippen molar-refractivity contribution in [2.45, 2.75) is 53.4 Å². The van der Waals surface area contributed by atoms with Crippen molar-refractivity contribution in [2.75, 3.05) is 0 Å². The quantitative estimate of drug-likeness (QED) is 0.825. The Morgan fingerprint density at radius 3 is 1.94 bits per heavy atom. The SMILES string of the molecule is CC.CC.CCC(CC(=O)O)c1ccccc1. The second-order valence-electron chi connectivity index (χ2n) is 3.11. The summed E-state index contributed by atoms with van der Waals surface area (Å²) in [5, 5.41) is 8.68. The van der Waals surface area contributed by atoms with Crippen LogP contribution < -0.4 is 0 Å². The molecule has 0 aliphatic heterocycles. The zero-order chi connectivity index (χ0) is 13.7. The highest BCUT2D eigenvalue weighted by Gasteiger charge is 2.12. The fraction of sp³-hybridized carbons (Fsp3) is 0.533. The lowest BCUT2D eigenvalue weighted by Gasteiger charge is -2.11. The third-order valence-corrected chi connectivity index (χ3v) is 2.18. The topological polar surface area (TPSA) is 37.3 Å². The van der Waals surface area contributed by atoms with Crippen LogP contribution in [-0.2, 0) is 4.79 Å². The molecule has 0 spiro atoms. The molecule has 0 radical (unpaired) electrons. The summed E-state index contributed by atoms with van der Waals surface area (Å²) in [4.78, 5) is 10.5. The summed E-state index contributed by atoms with van der Waals surface area (Å²) in [6.07, 6.45) is 1.09. The van der Waals surface area contributed by atoms with Crippen LogP contribution in [0.5, 0.6) is 0 Å². The first kappa shape index (κ1) is 18.1. The molecule has 0 aromatic heterocycles. The lowest BCUT2D eigenvalue weighted by Crippen LogP contribution is -2.05. The van der Waals surface area contributed by atoms with Crippen molar-refractivity contribution in [2.24, 2.45) is 0 Å². The van der Waals surface area contributed by atoms with Crippen LogP contribution in [0.15, 0.2) is 30.3 Å². The van der Waals surface area contributed by atoms with Gasteiger partial charge in [0.05, 0.1) is 6.42 Å². The second kappa shape index (κ2) is 12.8. The smallest absolute Gasteiger partial charge is 0.303 e. The van der Waals surface area contributed by atoms with Gasteiger partial charge in [0.1, 0.15) is 0 Å². The minimum Gasteiger partial charge on any atom is -0.481 e. The average Bonchev–Trinajstić information content (AvgIpc) is 2.41. The largest absolute Gasteiger partial charge is 0.481 e. The molecule has 0 bridgehead atoms. The maximum absolute atomic E-state index is 10.5. The van der Waals surface area contributed by atoms with Crippen molar-refractivity contribution >= 4 is 5.97 Å². The van der Waals surface area contributed by atoms with Crippen LogP contribution in [0.1, 0.15) is 58.9 Å². The van der Waals surface area contributed by atoms with Crippen LogP contribution >= 0.6 is 0 Å². The Morgan fingerprint density at radius 2 is 1.59 bits per heavy atom. The molecule has 0 saturated carbocycles. The van der Waals surface area contributed by atoms with Crippen molar-refractivity contribution < 1.29 is 9.90 Å². The molecular formula is C15H26O2. The van der Waals surface area contributed by atoms with E-state index < -0.39 is 5.97 Å². The second-order valence-corrected chi connectivity index (χ2v) is 3.11. The number of carbonyl (C=O) groups is 1. The van der Waals surface area contributed by atoms with E-state index in [0.29, 0.717) is 0 Å².